The van der Waals surface area contributed by atoms with Crippen LogP contribution in [0.4, 0.5) is 0 Å². The predicted molar refractivity (Wildman–Crippen MR) is 139 cm³/mol. The molecule has 3 aromatic carbocycles. The molecule has 0 spiro atoms. The molecule has 0 aromatic heterocycles. The van der Waals surface area contributed by atoms with Gasteiger partial charge in [0, 0.05) is 6.54 Å². The highest BCUT2D eigenvalue weighted by atomic mass is 16.5. The third kappa shape index (κ3) is 6.96. The molecule has 0 aliphatic heterocycles. The lowest BCUT2D eigenvalue weighted by Gasteiger charge is -2.14. The van der Waals surface area contributed by atoms with E-state index in [0.717, 1.165) is 29.2 Å². The van der Waals surface area contributed by atoms with Gasteiger partial charge in [0.2, 0.25) is 0 Å². The van der Waals surface area contributed by atoms with Gasteiger partial charge in [0.1, 0.15) is 18.1 Å². The zero-order valence-electron chi connectivity index (χ0n) is 20.7. The molecule has 3 aromatic rings. The van der Waals surface area contributed by atoms with Gasteiger partial charge in [-0.15, -0.1) is 0 Å². The van der Waals surface area contributed by atoms with E-state index in [9.17, 15) is 4.79 Å². The monoisotopic (exact) mass is 471 g/mol. The van der Waals surface area contributed by atoms with Crippen molar-refractivity contribution in [3.05, 3.63) is 101 Å². The normalized spacial score (nSPS) is 13.7. The average Bonchev–Trinajstić information content (AvgIpc) is 3.67. The average molecular weight is 472 g/mol. The van der Waals surface area contributed by atoms with Crippen LogP contribution in [0.25, 0.3) is 5.57 Å². The summed E-state index contributed by atoms with van der Waals surface area (Å²) in [5.41, 5.74) is 7.00. The molecular formula is C30H33NO4. The quantitative estimate of drug-likeness (QED) is 0.377. The zero-order valence-corrected chi connectivity index (χ0v) is 20.7. The Bertz CT molecular complexity index is 1180. The first-order chi connectivity index (χ1) is 16.9. The highest BCUT2D eigenvalue weighted by molar-refractivity contribution is 5.80. The topological polar surface area (TPSA) is 59.0 Å². The molecule has 0 bridgehead atoms. The smallest absolute Gasteiger partial charge is 0.341 e. The molecule has 0 unspecified atom stereocenters. The number of hydrogen-bond donors (Lipinski definition) is 1. The summed E-state index contributed by atoms with van der Waals surface area (Å²) in [5.74, 6) is 0.994. The molecule has 1 aliphatic rings. The van der Waals surface area contributed by atoms with Crippen molar-refractivity contribution in [1.82, 2.24) is 4.90 Å². The summed E-state index contributed by atoms with van der Waals surface area (Å²) in [6.45, 7) is 2.83. The second-order valence-corrected chi connectivity index (χ2v) is 9.37. The van der Waals surface area contributed by atoms with Gasteiger partial charge in [-0.3, -0.25) is 0 Å². The number of hydrogen-bond acceptors (Lipinski definition) is 4. The van der Waals surface area contributed by atoms with Crippen LogP contribution in [-0.4, -0.2) is 43.3 Å². The molecule has 1 fully saturated rings. The molecule has 1 aliphatic carbocycles. The van der Waals surface area contributed by atoms with E-state index in [4.69, 9.17) is 14.6 Å². The summed E-state index contributed by atoms with van der Waals surface area (Å²) in [6.07, 6.45) is 4.71. The fourth-order valence-electron chi connectivity index (χ4n) is 4.14. The van der Waals surface area contributed by atoms with Gasteiger partial charge in [-0.2, -0.15) is 0 Å². The highest BCUT2D eigenvalue weighted by Gasteiger charge is 2.23. The Morgan fingerprint density at radius 1 is 0.971 bits per heavy atom. The fraction of sp³-hybridized carbons (Fsp3) is 0.300. The molecule has 1 saturated carbocycles. The SMILES string of the molecule is Cc1cc(OC/C=C(\c2ccc(CN(C)C)cc2)c2ccc(C3CC3)cc2)ccc1OCC(=O)O. The summed E-state index contributed by atoms with van der Waals surface area (Å²) in [7, 11) is 4.15. The van der Waals surface area contributed by atoms with E-state index >= 15 is 0 Å². The van der Waals surface area contributed by atoms with Crippen molar-refractivity contribution in [2.75, 3.05) is 27.3 Å². The van der Waals surface area contributed by atoms with E-state index < -0.39 is 5.97 Å². The summed E-state index contributed by atoms with van der Waals surface area (Å²) < 4.78 is 11.3. The maximum absolute atomic E-state index is 10.8. The first-order valence-corrected chi connectivity index (χ1v) is 12.0. The van der Waals surface area contributed by atoms with Crippen LogP contribution in [0.5, 0.6) is 11.5 Å². The number of carbonyl (C=O) groups is 1. The van der Waals surface area contributed by atoms with Crippen molar-refractivity contribution >= 4 is 11.5 Å². The molecule has 0 saturated heterocycles. The zero-order chi connectivity index (χ0) is 24.8. The molecule has 182 valence electrons. The minimum Gasteiger partial charge on any atom is -0.489 e. The van der Waals surface area contributed by atoms with Crippen molar-refractivity contribution in [2.45, 2.75) is 32.2 Å². The van der Waals surface area contributed by atoms with Gasteiger partial charge in [0.15, 0.2) is 6.61 Å². The summed E-state index contributed by atoms with van der Waals surface area (Å²) in [6, 6.07) is 23.1. The van der Waals surface area contributed by atoms with Crippen molar-refractivity contribution in [3.63, 3.8) is 0 Å². The standard InChI is InChI=1S/C30H33NO4/c1-21-18-27(14-15-29(21)35-20-30(32)33)34-17-16-28(25-6-4-22(5-7-25)19-31(2)3)26-12-10-24(11-13-26)23-8-9-23/h4-7,10-16,18,23H,8-9,17,19-20H2,1-3H3,(H,32,33)/b28-16+. The second-order valence-electron chi connectivity index (χ2n) is 9.37. The first-order valence-electron chi connectivity index (χ1n) is 12.0. The summed E-state index contributed by atoms with van der Waals surface area (Å²) in [5, 5.41) is 8.82. The van der Waals surface area contributed by atoms with E-state index in [-0.39, 0.29) is 6.61 Å². The first kappa shape index (κ1) is 24.6. The predicted octanol–water partition coefficient (Wildman–Crippen LogP) is 5.91. The molecular weight excluding hydrogens is 438 g/mol. The van der Waals surface area contributed by atoms with Crippen LogP contribution in [0.2, 0.25) is 0 Å². The van der Waals surface area contributed by atoms with E-state index in [0.29, 0.717) is 18.1 Å². The highest BCUT2D eigenvalue weighted by Crippen LogP contribution is 2.40. The number of nitrogens with zero attached hydrogens (tertiary/aromatic N) is 1. The second kappa shape index (κ2) is 11.2. The molecule has 5 heteroatoms. The van der Waals surface area contributed by atoms with E-state index in [1.165, 1.54) is 29.5 Å². The van der Waals surface area contributed by atoms with Crippen LogP contribution < -0.4 is 9.47 Å². The number of ether oxygens (including phenoxy) is 2. The van der Waals surface area contributed by atoms with Gasteiger partial charge in [-0.05, 0) is 97.4 Å². The molecule has 1 N–H and O–H groups in total. The van der Waals surface area contributed by atoms with E-state index in [1.807, 2.05) is 13.0 Å². The lowest BCUT2D eigenvalue weighted by atomic mass is 9.95. The van der Waals surface area contributed by atoms with Crippen LogP contribution in [0.1, 0.15) is 46.6 Å². The van der Waals surface area contributed by atoms with Crippen LogP contribution in [-0.2, 0) is 11.3 Å². The van der Waals surface area contributed by atoms with Crippen molar-refractivity contribution in [1.29, 1.82) is 0 Å². The number of carboxylic acid groups (broad SMARTS) is 1. The number of aliphatic carboxylic acids is 1. The number of benzene rings is 3. The Hall–Kier alpha value is -3.57. The Kier molecular flexibility index (Phi) is 7.88. The molecule has 0 radical (unpaired) electrons. The van der Waals surface area contributed by atoms with E-state index in [1.54, 1.807) is 12.1 Å². The number of aryl methyl sites for hydroxylation is 1. The van der Waals surface area contributed by atoms with Gasteiger partial charge in [0.05, 0.1) is 0 Å². The number of carboxylic acids is 1. The molecule has 4 rings (SSSR count). The Labute approximate surface area is 207 Å². The van der Waals surface area contributed by atoms with Crippen LogP contribution in [0.3, 0.4) is 0 Å². The molecule has 0 amide bonds. The molecule has 0 atom stereocenters. The third-order valence-electron chi connectivity index (χ3n) is 6.07. The largest absolute Gasteiger partial charge is 0.489 e. The summed E-state index contributed by atoms with van der Waals surface area (Å²) in [4.78, 5) is 12.9. The van der Waals surface area contributed by atoms with Gasteiger partial charge in [-0.25, -0.2) is 4.79 Å². The van der Waals surface area contributed by atoms with Crippen LogP contribution >= 0.6 is 0 Å². The van der Waals surface area contributed by atoms with Gasteiger partial charge in [0.25, 0.3) is 0 Å². The molecule has 0 heterocycles. The van der Waals surface area contributed by atoms with Gasteiger partial charge >= 0.3 is 5.97 Å². The van der Waals surface area contributed by atoms with Gasteiger partial charge < -0.3 is 19.5 Å². The summed E-state index contributed by atoms with van der Waals surface area (Å²) >= 11 is 0. The maximum Gasteiger partial charge on any atom is 0.341 e. The lowest BCUT2D eigenvalue weighted by Crippen LogP contribution is -2.10. The number of rotatable bonds is 11. The molecule has 35 heavy (non-hydrogen) atoms. The van der Waals surface area contributed by atoms with Crippen LogP contribution in [0.15, 0.2) is 72.8 Å². The minimum absolute atomic E-state index is 0.361. The lowest BCUT2D eigenvalue weighted by molar-refractivity contribution is -0.139. The van der Waals surface area contributed by atoms with Crippen LogP contribution in [0, 0.1) is 6.92 Å². The van der Waals surface area contributed by atoms with Crippen molar-refractivity contribution in [3.8, 4) is 11.5 Å². The Balaban J connectivity index is 1.52. The van der Waals surface area contributed by atoms with Gasteiger partial charge in [-0.1, -0.05) is 48.5 Å². The van der Waals surface area contributed by atoms with Crippen molar-refractivity contribution < 1.29 is 19.4 Å². The maximum atomic E-state index is 10.8. The van der Waals surface area contributed by atoms with E-state index in [2.05, 4.69) is 73.6 Å². The Morgan fingerprint density at radius 3 is 2.20 bits per heavy atom. The minimum atomic E-state index is -0.998. The fourth-order valence-corrected chi connectivity index (χ4v) is 4.14. The van der Waals surface area contributed by atoms with Crippen molar-refractivity contribution in [2.24, 2.45) is 0 Å². The molecule has 5 nitrogen and oxygen atoms in total. The Morgan fingerprint density at radius 2 is 1.63 bits per heavy atom. The third-order valence-corrected chi connectivity index (χ3v) is 6.07.